The van der Waals surface area contributed by atoms with Crippen LogP contribution in [0.5, 0.6) is 0 Å². The minimum absolute atomic E-state index is 0.0410. The molecule has 0 fully saturated rings. The molecule has 4 nitrogen and oxygen atoms in total. The van der Waals surface area contributed by atoms with Crippen LogP contribution in [0.4, 0.5) is 5.69 Å². The summed E-state index contributed by atoms with van der Waals surface area (Å²) in [5.74, 6) is -0.0410. The molecule has 3 aromatic rings. The molecule has 0 radical (unpaired) electrons. The topological polar surface area (TPSA) is 68.9 Å². The van der Waals surface area contributed by atoms with E-state index in [1.54, 1.807) is 18.5 Å². The van der Waals surface area contributed by atoms with Crippen molar-refractivity contribution in [2.75, 3.05) is 5.73 Å². The molecule has 2 aromatic heterocycles. The Bertz CT molecular complexity index is 797. The Hall–Kier alpha value is -2.75. The van der Waals surface area contributed by atoms with Crippen LogP contribution in [0.3, 0.4) is 0 Å². The molecule has 0 atom stereocenters. The van der Waals surface area contributed by atoms with E-state index in [1.807, 2.05) is 30.3 Å². The lowest BCUT2D eigenvalue weighted by atomic mass is 10.0. The number of pyridine rings is 2. The molecule has 0 spiro atoms. The Morgan fingerprint density at radius 1 is 1.15 bits per heavy atom. The molecule has 0 aliphatic rings. The minimum Gasteiger partial charge on any atom is -0.398 e. The summed E-state index contributed by atoms with van der Waals surface area (Å²) in [4.78, 5) is 20.2. The summed E-state index contributed by atoms with van der Waals surface area (Å²) < 4.78 is 0. The molecule has 3 rings (SSSR count). The molecule has 1 aromatic carbocycles. The lowest BCUT2D eigenvalue weighted by molar-refractivity contribution is 0.101. The van der Waals surface area contributed by atoms with Crippen LogP contribution in [0, 0.1) is 0 Å². The summed E-state index contributed by atoms with van der Waals surface area (Å²) >= 11 is 0. The number of benzene rings is 1. The SMILES string of the molecule is CC(=O)c1ccc2nc(-c3cccnc3)ccc2c1N. The van der Waals surface area contributed by atoms with Crippen molar-refractivity contribution in [3.05, 3.63) is 54.4 Å². The summed E-state index contributed by atoms with van der Waals surface area (Å²) in [6.07, 6.45) is 3.49. The molecule has 0 saturated heterocycles. The van der Waals surface area contributed by atoms with Gasteiger partial charge in [0.25, 0.3) is 0 Å². The highest BCUT2D eigenvalue weighted by Crippen LogP contribution is 2.26. The summed E-state index contributed by atoms with van der Waals surface area (Å²) in [6, 6.07) is 11.2. The zero-order chi connectivity index (χ0) is 14.1. The van der Waals surface area contributed by atoms with Gasteiger partial charge in [-0.25, -0.2) is 4.98 Å². The maximum atomic E-state index is 11.5. The van der Waals surface area contributed by atoms with Crippen molar-refractivity contribution in [3.8, 4) is 11.3 Å². The Kier molecular flexibility index (Phi) is 2.91. The van der Waals surface area contributed by atoms with Gasteiger partial charge in [0.15, 0.2) is 5.78 Å². The van der Waals surface area contributed by atoms with Crippen LogP contribution in [-0.4, -0.2) is 15.8 Å². The number of rotatable bonds is 2. The summed E-state index contributed by atoms with van der Waals surface area (Å²) in [5, 5.41) is 0.797. The predicted octanol–water partition coefficient (Wildman–Crippen LogP) is 3.08. The van der Waals surface area contributed by atoms with E-state index in [0.29, 0.717) is 11.3 Å². The first-order chi connectivity index (χ1) is 9.66. The average molecular weight is 263 g/mol. The smallest absolute Gasteiger partial charge is 0.161 e. The number of hydrogen-bond acceptors (Lipinski definition) is 4. The number of anilines is 1. The number of aromatic nitrogens is 2. The Morgan fingerprint density at radius 3 is 2.70 bits per heavy atom. The number of ketones is 1. The molecule has 0 amide bonds. The third-order valence-electron chi connectivity index (χ3n) is 3.25. The summed E-state index contributed by atoms with van der Waals surface area (Å²) in [6.45, 7) is 1.51. The van der Waals surface area contributed by atoms with E-state index >= 15 is 0 Å². The Balaban J connectivity index is 2.19. The van der Waals surface area contributed by atoms with Gasteiger partial charge < -0.3 is 5.73 Å². The van der Waals surface area contributed by atoms with Crippen molar-refractivity contribution in [1.82, 2.24) is 9.97 Å². The average Bonchev–Trinajstić information content (AvgIpc) is 2.48. The van der Waals surface area contributed by atoms with Gasteiger partial charge in [0.2, 0.25) is 0 Å². The van der Waals surface area contributed by atoms with E-state index in [0.717, 1.165) is 22.2 Å². The highest BCUT2D eigenvalue weighted by molar-refractivity contribution is 6.07. The van der Waals surface area contributed by atoms with Gasteiger partial charge in [0, 0.05) is 28.9 Å². The normalized spacial score (nSPS) is 10.7. The third-order valence-corrected chi connectivity index (χ3v) is 3.25. The summed E-state index contributed by atoms with van der Waals surface area (Å²) in [5.41, 5.74) is 9.61. The lowest BCUT2D eigenvalue weighted by Gasteiger charge is -2.08. The number of Topliss-reactive ketones (excluding diaryl/α,β-unsaturated/α-hetero) is 1. The zero-order valence-electron chi connectivity index (χ0n) is 11.0. The van der Waals surface area contributed by atoms with E-state index in [-0.39, 0.29) is 5.78 Å². The largest absolute Gasteiger partial charge is 0.398 e. The van der Waals surface area contributed by atoms with E-state index < -0.39 is 0 Å². The van der Waals surface area contributed by atoms with Crippen molar-refractivity contribution in [2.24, 2.45) is 0 Å². The fourth-order valence-electron chi connectivity index (χ4n) is 2.21. The van der Waals surface area contributed by atoms with E-state index in [4.69, 9.17) is 5.73 Å². The number of carbonyl (C=O) groups is 1. The van der Waals surface area contributed by atoms with Gasteiger partial charge in [0.05, 0.1) is 16.9 Å². The number of fused-ring (bicyclic) bond motifs is 1. The fraction of sp³-hybridized carbons (Fsp3) is 0.0625. The fourth-order valence-corrected chi connectivity index (χ4v) is 2.21. The molecule has 0 aliphatic carbocycles. The number of nitrogen functional groups attached to an aromatic ring is 1. The maximum Gasteiger partial charge on any atom is 0.161 e. The second-order valence-corrected chi connectivity index (χ2v) is 4.59. The van der Waals surface area contributed by atoms with Crippen molar-refractivity contribution in [2.45, 2.75) is 6.92 Å². The number of carbonyl (C=O) groups excluding carboxylic acids is 1. The standard InChI is InChI=1S/C16H13N3O/c1-10(20)12-4-7-15-13(16(12)17)5-6-14(19-15)11-3-2-8-18-9-11/h2-9H,17H2,1H3. The van der Waals surface area contributed by atoms with Crippen LogP contribution >= 0.6 is 0 Å². The van der Waals surface area contributed by atoms with E-state index in [1.165, 1.54) is 6.92 Å². The second-order valence-electron chi connectivity index (χ2n) is 4.59. The molecule has 0 unspecified atom stereocenters. The van der Waals surface area contributed by atoms with Gasteiger partial charge in [-0.15, -0.1) is 0 Å². The van der Waals surface area contributed by atoms with Gasteiger partial charge >= 0.3 is 0 Å². The first-order valence-corrected chi connectivity index (χ1v) is 6.27. The third kappa shape index (κ3) is 2.01. The Labute approximate surface area is 116 Å². The van der Waals surface area contributed by atoms with E-state index in [2.05, 4.69) is 9.97 Å². The highest BCUT2D eigenvalue weighted by Gasteiger charge is 2.10. The molecule has 2 N–H and O–H groups in total. The van der Waals surface area contributed by atoms with Gasteiger partial charge in [-0.1, -0.05) is 0 Å². The molecular weight excluding hydrogens is 250 g/mol. The van der Waals surface area contributed by atoms with Gasteiger partial charge in [-0.3, -0.25) is 9.78 Å². The molecule has 4 heteroatoms. The van der Waals surface area contributed by atoms with Crippen LogP contribution in [0.1, 0.15) is 17.3 Å². The number of nitrogens with zero attached hydrogens (tertiary/aromatic N) is 2. The second kappa shape index (κ2) is 4.74. The van der Waals surface area contributed by atoms with Crippen LogP contribution < -0.4 is 5.73 Å². The van der Waals surface area contributed by atoms with Crippen LogP contribution in [0.15, 0.2) is 48.8 Å². The minimum atomic E-state index is -0.0410. The lowest BCUT2D eigenvalue weighted by Crippen LogP contribution is -2.01. The Morgan fingerprint density at radius 2 is 2.00 bits per heavy atom. The molecular formula is C16H13N3O. The molecule has 20 heavy (non-hydrogen) atoms. The van der Waals surface area contributed by atoms with Gasteiger partial charge in [0.1, 0.15) is 0 Å². The number of nitrogens with two attached hydrogens (primary N) is 1. The molecule has 0 saturated carbocycles. The quantitative estimate of drug-likeness (QED) is 0.570. The van der Waals surface area contributed by atoms with Crippen molar-refractivity contribution >= 4 is 22.4 Å². The van der Waals surface area contributed by atoms with Crippen molar-refractivity contribution in [3.63, 3.8) is 0 Å². The molecule has 2 heterocycles. The first kappa shape index (κ1) is 12.3. The maximum absolute atomic E-state index is 11.5. The zero-order valence-corrected chi connectivity index (χ0v) is 11.0. The van der Waals surface area contributed by atoms with Gasteiger partial charge in [-0.2, -0.15) is 0 Å². The van der Waals surface area contributed by atoms with Gasteiger partial charge in [-0.05, 0) is 43.3 Å². The molecule has 0 bridgehead atoms. The van der Waals surface area contributed by atoms with E-state index in [9.17, 15) is 4.79 Å². The predicted molar refractivity (Wildman–Crippen MR) is 79.4 cm³/mol. The molecule has 0 aliphatic heterocycles. The monoisotopic (exact) mass is 263 g/mol. The number of hydrogen-bond donors (Lipinski definition) is 1. The highest BCUT2D eigenvalue weighted by atomic mass is 16.1. The summed E-state index contributed by atoms with van der Waals surface area (Å²) in [7, 11) is 0. The van der Waals surface area contributed by atoms with Crippen molar-refractivity contribution < 1.29 is 4.79 Å². The van der Waals surface area contributed by atoms with Crippen LogP contribution in [0.25, 0.3) is 22.2 Å². The van der Waals surface area contributed by atoms with Crippen LogP contribution in [-0.2, 0) is 0 Å². The molecule has 98 valence electrons. The van der Waals surface area contributed by atoms with Crippen molar-refractivity contribution in [1.29, 1.82) is 0 Å². The first-order valence-electron chi connectivity index (χ1n) is 6.27. The van der Waals surface area contributed by atoms with Crippen LogP contribution in [0.2, 0.25) is 0 Å².